The highest BCUT2D eigenvalue weighted by Gasteiger charge is 2.20. The summed E-state index contributed by atoms with van der Waals surface area (Å²) >= 11 is 6.09. The third-order valence-electron chi connectivity index (χ3n) is 3.43. The Balaban J connectivity index is 1.97. The Bertz CT molecular complexity index is 902. The third kappa shape index (κ3) is 3.52. The fourth-order valence-electron chi connectivity index (χ4n) is 2.26. The van der Waals surface area contributed by atoms with Crippen LogP contribution in [0.25, 0.3) is 5.69 Å². The van der Waals surface area contributed by atoms with Crippen LogP contribution in [0.15, 0.2) is 78.0 Å². The second-order valence-corrected chi connectivity index (χ2v) is 5.46. The molecule has 6 heteroatoms. The maximum atomic E-state index is 11.6. The number of aromatic nitrogens is 2. The van der Waals surface area contributed by atoms with Crippen molar-refractivity contribution in [2.45, 2.75) is 6.04 Å². The van der Waals surface area contributed by atoms with Gasteiger partial charge in [0.05, 0.1) is 17.2 Å². The molecule has 3 rings (SSSR count). The Kier molecular flexibility index (Phi) is 4.72. The summed E-state index contributed by atoms with van der Waals surface area (Å²) in [5.41, 5.74) is 1.36. The summed E-state index contributed by atoms with van der Waals surface area (Å²) in [5, 5.41) is 14.6. The largest absolute Gasteiger partial charge is 0.479 e. The predicted octanol–water partition coefficient (Wildman–Crippen LogP) is 3.25. The lowest BCUT2D eigenvalue weighted by Gasteiger charge is -2.09. The molecule has 0 saturated heterocycles. The molecule has 0 aliphatic rings. The first kappa shape index (κ1) is 16.0. The number of hydrogen-bond acceptors (Lipinski definition) is 3. The normalized spacial score (nSPS) is 12.8. The van der Waals surface area contributed by atoms with Crippen LogP contribution in [0.5, 0.6) is 0 Å². The summed E-state index contributed by atoms with van der Waals surface area (Å²) in [6.45, 7) is 0. The number of carboxylic acid groups (broad SMARTS) is 1. The standard InChI is InChI=1S/C18H14ClN3O2/c19-16-9-5-4-8-15(16)17(18(23)24)21-13-10-11-22(20-12-13)14-6-2-1-3-7-14/h1-12,17H,(H,23,24). The molecule has 24 heavy (non-hydrogen) atoms. The fourth-order valence-corrected chi connectivity index (χ4v) is 2.50. The topological polar surface area (TPSA) is 67.5 Å². The SMILES string of the molecule is O=C(O)C(N=c1ccn(-c2ccccc2)nc1)c1ccccc1Cl. The van der Waals surface area contributed by atoms with E-state index >= 15 is 0 Å². The summed E-state index contributed by atoms with van der Waals surface area (Å²) in [4.78, 5) is 15.8. The molecule has 1 heterocycles. The fraction of sp³-hybridized carbons (Fsp3) is 0.0556. The Morgan fingerprint density at radius 3 is 2.42 bits per heavy atom. The zero-order chi connectivity index (χ0) is 16.9. The highest BCUT2D eigenvalue weighted by Crippen LogP contribution is 2.25. The molecule has 1 aromatic heterocycles. The second kappa shape index (κ2) is 7.10. The van der Waals surface area contributed by atoms with Crippen molar-refractivity contribution in [1.29, 1.82) is 0 Å². The van der Waals surface area contributed by atoms with Crippen LogP contribution in [0.2, 0.25) is 5.02 Å². The highest BCUT2D eigenvalue weighted by atomic mass is 35.5. The van der Waals surface area contributed by atoms with E-state index in [1.165, 1.54) is 6.20 Å². The summed E-state index contributed by atoms with van der Waals surface area (Å²) < 4.78 is 1.68. The Morgan fingerprint density at radius 1 is 1.08 bits per heavy atom. The van der Waals surface area contributed by atoms with Gasteiger partial charge < -0.3 is 5.11 Å². The molecule has 1 N–H and O–H groups in total. The molecule has 2 aromatic carbocycles. The number of rotatable bonds is 4. The highest BCUT2D eigenvalue weighted by molar-refractivity contribution is 6.31. The lowest BCUT2D eigenvalue weighted by Crippen LogP contribution is -2.16. The van der Waals surface area contributed by atoms with E-state index < -0.39 is 12.0 Å². The lowest BCUT2D eigenvalue weighted by atomic mass is 10.1. The van der Waals surface area contributed by atoms with Crippen LogP contribution in [0.4, 0.5) is 0 Å². The summed E-state index contributed by atoms with van der Waals surface area (Å²) in [5.74, 6) is -1.07. The molecule has 0 fully saturated rings. The maximum absolute atomic E-state index is 11.6. The van der Waals surface area contributed by atoms with E-state index in [0.29, 0.717) is 15.9 Å². The zero-order valence-corrected chi connectivity index (χ0v) is 13.3. The molecular weight excluding hydrogens is 326 g/mol. The summed E-state index contributed by atoms with van der Waals surface area (Å²) in [7, 11) is 0. The van der Waals surface area contributed by atoms with Gasteiger partial charge in [0.1, 0.15) is 0 Å². The van der Waals surface area contributed by atoms with Crippen molar-refractivity contribution in [2.75, 3.05) is 0 Å². The van der Waals surface area contributed by atoms with Crippen LogP contribution in [-0.4, -0.2) is 20.9 Å². The van der Waals surface area contributed by atoms with Crippen LogP contribution in [0.3, 0.4) is 0 Å². The number of hydrogen-bond donors (Lipinski definition) is 1. The number of nitrogens with zero attached hydrogens (tertiary/aromatic N) is 3. The van der Waals surface area contributed by atoms with Gasteiger partial charge in [-0.2, -0.15) is 5.10 Å². The molecule has 0 amide bonds. The molecule has 1 atom stereocenters. The molecule has 0 aliphatic heterocycles. The second-order valence-electron chi connectivity index (χ2n) is 5.06. The number of benzene rings is 2. The van der Waals surface area contributed by atoms with Crippen molar-refractivity contribution >= 4 is 17.6 Å². The van der Waals surface area contributed by atoms with Crippen molar-refractivity contribution in [3.05, 3.63) is 89.0 Å². The quantitative estimate of drug-likeness (QED) is 0.793. The Labute approximate surface area is 143 Å². The molecular formula is C18H14ClN3O2. The van der Waals surface area contributed by atoms with E-state index in [4.69, 9.17) is 11.6 Å². The monoisotopic (exact) mass is 339 g/mol. The molecule has 0 aliphatic carbocycles. The minimum atomic E-state index is -1.08. The average Bonchev–Trinajstić information content (AvgIpc) is 2.61. The van der Waals surface area contributed by atoms with Gasteiger partial charge >= 0.3 is 5.97 Å². The summed E-state index contributed by atoms with van der Waals surface area (Å²) in [6, 6.07) is 17.0. The van der Waals surface area contributed by atoms with Crippen molar-refractivity contribution in [3.8, 4) is 5.69 Å². The minimum absolute atomic E-state index is 0.372. The van der Waals surface area contributed by atoms with Crippen LogP contribution in [0.1, 0.15) is 11.6 Å². The van der Waals surface area contributed by atoms with Crippen molar-refractivity contribution in [1.82, 2.24) is 9.78 Å². The molecule has 3 aromatic rings. The van der Waals surface area contributed by atoms with E-state index in [1.54, 1.807) is 41.2 Å². The van der Waals surface area contributed by atoms with Gasteiger partial charge in [-0.25, -0.2) is 9.48 Å². The van der Waals surface area contributed by atoms with Gasteiger partial charge in [0.15, 0.2) is 6.04 Å². The van der Waals surface area contributed by atoms with Gasteiger partial charge in [0.25, 0.3) is 0 Å². The van der Waals surface area contributed by atoms with E-state index in [9.17, 15) is 9.90 Å². The molecule has 5 nitrogen and oxygen atoms in total. The van der Waals surface area contributed by atoms with Crippen LogP contribution < -0.4 is 5.36 Å². The number of halogens is 1. The molecule has 1 unspecified atom stereocenters. The molecule has 0 spiro atoms. The maximum Gasteiger partial charge on any atom is 0.333 e. The molecule has 0 radical (unpaired) electrons. The van der Waals surface area contributed by atoms with Crippen LogP contribution in [-0.2, 0) is 4.79 Å². The van der Waals surface area contributed by atoms with Gasteiger partial charge in [-0.1, -0.05) is 48.0 Å². The number of para-hydroxylation sites is 1. The predicted molar refractivity (Wildman–Crippen MR) is 91.0 cm³/mol. The molecule has 0 saturated carbocycles. The van der Waals surface area contributed by atoms with E-state index in [0.717, 1.165) is 5.69 Å². The first-order valence-corrected chi connectivity index (χ1v) is 7.64. The summed E-state index contributed by atoms with van der Waals surface area (Å²) in [6.07, 6.45) is 3.26. The first-order valence-electron chi connectivity index (χ1n) is 7.26. The van der Waals surface area contributed by atoms with Crippen molar-refractivity contribution < 1.29 is 9.90 Å². The van der Waals surface area contributed by atoms with E-state index in [1.807, 2.05) is 30.3 Å². The Hall–Kier alpha value is -2.92. The third-order valence-corrected chi connectivity index (χ3v) is 3.78. The zero-order valence-electron chi connectivity index (χ0n) is 12.6. The van der Waals surface area contributed by atoms with Gasteiger partial charge in [-0.05, 0) is 24.3 Å². The number of carbonyl (C=O) groups is 1. The smallest absolute Gasteiger partial charge is 0.333 e. The van der Waals surface area contributed by atoms with Crippen molar-refractivity contribution in [3.63, 3.8) is 0 Å². The first-order chi connectivity index (χ1) is 11.6. The van der Waals surface area contributed by atoms with Gasteiger partial charge in [-0.3, -0.25) is 4.99 Å². The number of carboxylic acids is 1. The molecule has 120 valence electrons. The van der Waals surface area contributed by atoms with E-state index in [2.05, 4.69) is 10.1 Å². The van der Waals surface area contributed by atoms with Crippen LogP contribution >= 0.6 is 11.6 Å². The van der Waals surface area contributed by atoms with Gasteiger partial charge in [-0.15, -0.1) is 0 Å². The van der Waals surface area contributed by atoms with Crippen LogP contribution in [0, 0.1) is 0 Å². The average molecular weight is 340 g/mol. The molecule has 0 bridgehead atoms. The number of aliphatic carboxylic acids is 1. The van der Waals surface area contributed by atoms with Crippen molar-refractivity contribution in [2.24, 2.45) is 4.99 Å². The minimum Gasteiger partial charge on any atom is -0.479 e. The lowest BCUT2D eigenvalue weighted by molar-refractivity contribution is -0.138. The Morgan fingerprint density at radius 2 is 1.79 bits per heavy atom. The van der Waals surface area contributed by atoms with E-state index in [-0.39, 0.29) is 0 Å². The van der Waals surface area contributed by atoms with Gasteiger partial charge in [0, 0.05) is 16.8 Å². The van der Waals surface area contributed by atoms with Gasteiger partial charge in [0.2, 0.25) is 0 Å².